The smallest absolute Gasteiger partial charge is 0.325 e. The summed E-state index contributed by atoms with van der Waals surface area (Å²) in [5.41, 5.74) is 2.73. The van der Waals surface area contributed by atoms with E-state index in [2.05, 4.69) is 33.1 Å². The molecule has 0 aliphatic carbocycles. The fourth-order valence-electron chi connectivity index (χ4n) is 2.09. The lowest BCUT2D eigenvalue weighted by molar-refractivity contribution is -0.119. The van der Waals surface area contributed by atoms with Gasteiger partial charge in [0.05, 0.1) is 5.25 Å². The van der Waals surface area contributed by atoms with Gasteiger partial charge in [-0.05, 0) is 38.8 Å². The summed E-state index contributed by atoms with van der Waals surface area (Å²) < 4.78 is 0.682. The predicted octanol–water partition coefficient (Wildman–Crippen LogP) is 3.81. The minimum Gasteiger partial charge on any atom is -0.360 e. The van der Waals surface area contributed by atoms with Crippen LogP contribution in [0.4, 0.5) is 15.6 Å². The van der Waals surface area contributed by atoms with Crippen LogP contribution in [-0.2, 0) is 4.79 Å². The third-order valence-corrected chi connectivity index (χ3v) is 5.51. The molecule has 0 bridgehead atoms. The van der Waals surface area contributed by atoms with E-state index in [1.807, 2.05) is 32.0 Å². The van der Waals surface area contributed by atoms with Crippen LogP contribution in [0.2, 0.25) is 0 Å². The van der Waals surface area contributed by atoms with E-state index in [4.69, 9.17) is 0 Å². The molecule has 0 saturated carbocycles. The molecule has 0 saturated heterocycles. The first-order valence-electron chi connectivity index (χ1n) is 8.32. The van der Waals surface area contributed by atoms with E-state index in [9.17, 15) is 9.59 Å². The Balaban J connectivity index is 1.85. The Kier molecular flexibility index (Phi) is 7.40. The molecule has 1 aromatic heterocycles. The van der Waals surface area contributed by atoms with Gasteiger partial charge in [0.15, 0.2) is 4.34 Å². The number of anilines is 2. The van der Waals surface area contributed by atoms with Gasteiger partial charge >= 0.3 is 6.03 Å². The van der Waals surface area contributed by atoms with Gasteiger partial charge in [0, 0.05) is 12.2 Å². The number of carbonyl (C=O) groups is 2. The fourth-order valence-corrected chi connectivity index (χ4v) is 4.01. The molecule has 0 fully saturated rings. The Morgan fingerprint density at radius 2 is 2.04 bits per heavy atom. The first-order valence-corrected chi connectivity index (χ1v) is 10.0. The number of hydrogen-bond acceptors (Lipinski definition) is 7. The highest BCUT2D eigenvalue weighted by Crippen LogP contribution is 2.28. The van der Waals surface area contributed by atoms with Crippen LogP contribution in [0.3, 0.4) is 0 Å². The van der Waals surface area contributed by atoms with E-state index in [-0.39, 0.29) is 5.91 Å². The SMILES string of the molecule is CCCNc1nnc(S[C@@H](C)C(=O)NC(=O)Nc2ccc(C)cc2C)s1. The third-order valence-electron chi connectivity index (χ3n) is 3.45. The Morgan fingerprint density at radius 3 is 2.73 bits per heavy atom. The van der Waals surface area contributed by atoms with Crippen molar-refractivity contribution in [1.82, 2.24) is 15.5 Å². The molecule has 1 aromatic carbocycles. The lowest BCUT2D eigenvalue weighted by atomic mass is 10.1. The molecule has 0 aliphatic heterocycles. The summed E-state index contributed by atoms with van der Waals surface area (Å²) in [6.45, 7) is 8.51. The van der Waals surface area contributed by atoms with Crippen molar-refractivity contribution in [3.8, 4) is 0 Å². The van der Waals surface area contributed by atoms with Gasteiger partial charge < -0.3 is 10.6 Å². The number of nitrogens with zero attached hydrogens (tertiary/aromatic N) is 2. The molecule has 0 aliphatic rings. The van der Waals surface area contributed by atoms with E-state index in [0.717, 1.165) is 29.2 Å². The highest BCUT2D eigenvalue weighted by molar-refractivity contribution is 8.02. The number of benzene rings is 1. The molecule has 0 unspecified atom stereocenters. The molecule has 9 heteroatoms. The van der Waals surface area contributed by atoms with Gasteiger partial charge in [0.2, 0.25) is 11.0 Å². The Morgan fingerprint density at radius 1 is 1.27 bits per heavy atom. The molecule has 3 N–H and O–H groups in total. The number of carbonyl (C=O) groups excluding carboxylic acids is 2. The van der Waals surface area contributed by atoms with Crippen LogP contribution in [0, 0.1) is 13.8 Å². The highest BCUT2D eigenvalue weighted by atomic mass is 32.2. The van der Waals surface area contributed by atoms with Gasteiger partial charge in [-0.1, -0.05) is 47.7 Å². The summed E-state index contributed by atoms with van der Waals surface area (Å²) >= 11 is 2.66. The zero-order valence-corrected chi connectivity index (χ0v) is 16.9. The van der Waals surface area contributed by atoms with Crippen molar-refractivity contribution in [3.63, 3.8) is 0 Å². The molecule has 26 heavy (non-hydrogen) atoms. The van der Waals surface area contributed by atoms with Gasteiger partial charge in [-0.15, -0.1) is 10.2 Å². The minimum atomic E-state index is -0.544. The van der Waals surface area contributed by atoms with Crippen LogP contribution in [0.15, 0.2) is 22.5 Å². The number of aromatic nitrogens is 2. The quantitative estimate of drug-likeness (QED) is 0.619. The molecule has 1 heterocycles. The topological polar surface area (TPSA) is 96.0 Å². The van der Waals surface area contributed by atoms with Gasteiger partial charge in [-0.2, -0.15) is 0 Å². The van der Waals surface area contributed by atoms with Gasteiger partial charge in [-0.25, -0.2) is 4.79 Å². The number of imide groups is 1. The zero-order valence-electron chi connectivity index (χ0n) is 15.3. The highest BCUT2D eigenvalue weighted by Gasteiger charge is 2.19. The largest absolute Gasteiger partial charge is 0.360 e. The van der Waals surface area contributed by atoms with Gasteiger partial charge in [-0.3, -0.25) is 10.1 Å². The van der Waals surface area contributed by atoms with Crippen molar-refractivity contribution in [3.05, 3.63) is 29.3 Å². The zero-order chi connectivity index (χ0) is 19.1. The average molecular weight is 394 g/mol. The van der Waals surface area contributed by atoms with E-state index >= 15 is 0 Å². The first kappa shape index (κ1) is 20.2. The standard InChI is InChI=1S/C17H23N5O2S2/c1-5-8-18-16-21-22-17(26-16)25-12(4)14(23)20-15(24)19-13-7-6-10(2)9-11(13)3/h6-7,9,12H,5,8H2,1-4H3,(H,18,21)(H2,19,20,23,24)/t12-/m0/s1. The van der Waals surface area contributed by atoms with E-state index in [1.165, 1.54) is 23.1 Å². The molecular formula is C17H23N5O2S2. The number of rotatable bonds is 7. The maximum Gasteiger partial charge on any atom is 0.325 e. The van der Waals surface area contributed by atoms with Crippen LogP contribution >= 0.6 is 23.1 Å². The number of hydrogen-bond donors (Lipinski definition) is 3. The van der Waals surface area contributed by atoms with Gasteiger partial charge in [0.25, 0.3) is 0 Å². The number of nitrogens with one attached hydrogen (secondary N) is 3. The molecule has 0 spiro atoms. The minimum absolute atomic E-state index is 0.379. The molecule has 1 atom stereocenters. The van der Waals surface area contributed by atoms with Crippen molar-refractivity contribution in [1.29, 1.82) is 0 Å². The lowest BCUT2D eigenvalue weighted by Crippen LogP contribution is -2.39. The van der Waals surface area contributed by atoms with Crippen LogP contribution in [0.1, 0.15) is 31.4 Å². The van der Waals surface area contributed by atoms with Crippen molar-refractivity contribution in [2.75, 3.05) is 17.2 Å². The predicted molar refractivity (Wildman–Crippen MR) is 107 cm³/mol. The van der Waals surface area contributed by atoms with Crippen LogP contribution < -0.4 is 16.0 Å². The normalized spacial score (nSPS) is 11.7. The summed E-state index contributed by atoms with van der Waals surface area (Å²) in [5, 5.41) is 16.6. The summed E-state index contributed by atoms with van der Waals surface area (Å²) in [7, 11) is 0. The maximum absolute atomic E-state index is 12.2. The van der Waals surface area contributed by atoms with Crippen molar-refractivity contribution < 1.29 is 9.59 Å². The van der Waals surface area contributed by atoms with Crippen molar-refractivity contribution >= 4 is 45.9 Å². The van der Waals surface area contributed by atoms with Crippen LogP contribution in [0.5, 0.6) is 0 Å². The van der Waals surface area contributed by atoms with Crippen LogP contribution in [-0.4, -0.2) is 33.9 Å². The molecule has 140 valence electrons. The number of amides is 3. The van der Waals surface area contributed by atoms with Crippen LogP contribution in [0.25, 0.3) is 0 Å². The maximum atomic E-state index is 12.2. The van der Waals surface area contributed by atoms with E-state index in [0.29, 0.717) is 10.0 Å². The number of aryl methyl sites for hydroxylation is 2. The van der Waals surface area contributed by atoms with Gasteiger partial charge in [0.1, 0.15) is 0 Å². The summed E-state index contributed by atoms with van der Waals surface area (Å²) in [6, 6.07) is 5.15. The molecule has 7 nitrogen and oxygen atoms in total. The molecule has 0 radical (unpaired) electrons. The summed E-state index contributed by atoms with van der Waals surface area (Å²) in [4.78, 5) is 24.3. The van der Waals surface area contributed by atoms with Crippen molar-refractivity contribution in [2.45, 2.75) is 43.7 Å². The first-order chi connectivity index (χ1) is 12.4. The second kappa shape index (κ2) is 9.54. The second-order valence-electron chi connectivity index (χ2n) is 5.82. The number of urea groups is 1. The lowest BCUT2D eigenvalue weighted by Gasteiger charge is -2.12. The van der Waals surface area contributed by atoms with E-state index < -0.39 is 11.3 Å². The Bertz CT molecular complexity index is 778. The van der Waals surface area contributed by atoms with Crippen molar-refractivity contribution in [2.24, 2.45) is 0 Å². The molecule has 2 rings (SSSR count). The summed E-state index contributed by atoms with van der Waals surface area (Å²) in [5.74, 6) is -0.379. The monoisotopic (exact) mass is 393 g/mol. The second-order valence-corrected chi connectivity index (χ2v) is 8.39. The molecule has 3 amide bonds. The van der Waals surface area contributed by atoms with E-state index in [1.54, 1.807) is 6.92 Å². The fraction of sp³-hybridized carbons (Fsp3) is 0.412. The Labute approximate surface area is 161 Å². The molecule has 2 aromatic rings. The number of thioether (sulfide) groups is 1. The Hall–Kier alpha value is -2.13. The molecular weight excluding hydrogens is 370 g/mol. The average Bonchev–Trinajstić information content (AvgIpc) is 3.02. The third kappa shape index (κ3) is 5.99. The summed E-state index contributed by atoms with van der Waals surface area (Å²) in [6.07, 6.45) is 0.996.